The maximum atomic E-state index is 14.4. The first kappa shape index (κ1) is 56.7. The fourth-order valence-electron chi connectivity index (χ4n) is 11.1. The van der Waals surface area contributed by atoms with E-state index in [1.807, 2.05) is 93.6 Å². The number of aromatic nitrogens is 1. The van der Waals surface area contributed by atoms with E-state index in [4.69, 9.17) is 10.5 Å². The largest absolute Gasteiger partial charge is 0.491 e. The maximum absolute atomic E-state index is 14.4. The zero-order valence-corrected chi connectivity index (χ0v) is 46.1. The Bertz CT molecular complexity index is 3270. The van der Waals surface area contributed by atoms with Gasteiger partial charge in [0, 0.05) is 43.7 Å². The molecule has 19 heteroatoms. The summed E-state index contributed by atoms with van der Waals surface area (Å²) in [6, 6.07) is 29.6. The smallest absolute Gasteiger partial charge is 0.255 e. The van der Waals surface area contributed by atoms with Gasteiger partial charge < -0.3 is 51.5 Å². The van der Waals surface area contributed by atoms with Crippen molar-refractivity contribution >= 4 is 69.1 Å². The Labute approximate surface area is 469 Å². The van der Waals surface area contributed by atoms with E-state index >= 15 is 0 Å². The van der Waals surface area contributed by atoms with Gasteiger partial charge in [-0.2, -0.15) is 0 Å². The topological polar surface area (TPSA) is 246 Å². The van der Waals surface area contributed by atoms with Crippen LogP contribution < -0.4 is 31.7 Å². The number of likely N-dealkylation sites (tertiary alicyclic amines) is 2. The number of rotatable bonds is 22. The second kappa shape index (κ2) is 25.9. The van der Waals surface area contributed by atoms with Gasteiger partial charge in [0.05, 0.1) is 46.4 Å². The number of aliphatic hydroxyl groups excluding tert-OH is 1. The number of hydrogen-bond donors (Lipinski definition) is 6. The van der Waals surface area contributed by atoms with E-state index in [1.54, 1.807) is 51.7 Å². The molecule has 5 unspecified atom stereocenters. The van der Waals surface area contributed by atoms with Gasteiger partial charge in [-0.1, -0.05) is 98.8 Å². The number of nitrogens with zero attached hydrogens (tertiary/aromatic N) is 4. The normalized spacial score (nSPS) is 17.6. The van der Waals surface area contributed by atoms with Gasteiger partial charge in [-0.15, -0.1) is 11.3 Å². The molecule has 0 saturated carbocycles. The Hall–Kier alpha value is -8.00. The van der Waals surface area contributed by atoms with Crippen molar-refractivity contribution in [1.29, 1.82) is 0 Å². The van der Waals surface area contributed by atoms with Gasteiger partial charge in [0.15, 0.2) is 0 Å². The second-order valence-electron chi connectivity index (χ2n) is 21.0. The molecular formula is C61H69N9O9S. The third-order valence-corrected chi connectivity index (χ3v) is 16.2. The first-order valence-corrected chi connectivity index (χ1v) is 28.3. The predicted molar refractivity (Wildman–Crippen MR) is 305 cm³/mol. The Kier molecular flexibility index (Phi) is 18.3. The highest BCUT2D eigenvalue weighted by Gasteiger charge is 2.46. The van der Waals surface area contributed by atoms with Crippen molar-refractivity contribution in [1.82, 2.24) is 35.6 Å². The number of fused-ring (bicyclic) bond motifs is 2. The summed E-state index contributed by atoms with van der Waals surface area (Å²) in [5.74, 6) is -2.55. The molecule has 7 amide bonds. The van der Waals surface area contributed by atoms with Gasteiger partial charge in [-0.05, 0) is 103 Å². The van der Waals surface area contributed by atoms with Crippen molar-refractivity contribution in [2.24, 2.45) is 11.7 Å². The minimum absolute atomic E-state index is 0.00824. The number of benzene rings is 5. The number of para-hydroxylation sites is 1. The van der Waals surface area contributed by atoms with Crippen molar-refractivity contribution in [2.45, 2.75) is 109 Å². The molecule has 80 heavy (non-hydrogen) atoms. The van der Waals surface area contributed by atoms with E-state index < -0.39 is 59.8 Å². The average Bonchev–Trinajstić information content (AvgIpc) is 4.29. The zero-order valence-electron chi connectivity index (χ0n) is 45.3. The highest BCUT2D eigenvalue weighted by molar-refractivity contribution is 7.13. The van der Waals surface area contributed by atoms with Crippen LogP contribution in [0, 0.1) is 12.8 Å². The SMILES string of the molecule is Cc1ncsc1-c1ccc(CNC(=O)C2CC(O)CN2C(=O)C(C(C)C)N2Cc3ccccc3C2=O)c(OCCNC(=O)c2ccccc2NC(=O)C(CCCCN)NC(=O)C2CCCN2C(=O)Cc2cccc3ccccc23)c1. The van der Waals surface area contributed by atoms with Crippen LogP contribution in [-0.2, 0) is 43.5 Å². The van der Waals surface area contributed by atoms with Gasteiger partial charge in [-0.25, -0.2) is 4.98 Å². The van der Waals surface area contributed by atoms with Gasteiger partial charge in [0.25, 0.3) is 11.8 Å². The molecule has 0 spiro atoms. The quantitative estimate of drug-likeness (QED) is 0.0423. The number of carbonyl (C=O) groups is 7. The summed E-state index contributed by atoms with van der Waals surface area (Å²) in [6.07, 6.45) is 1.78. The molecule has 5 atom stereocenters. The number of amides is 7. The summed E-state index contributed by atoms with van der Waals surface area (Å²) in [4.78, 5) is 108. The van der Waals surface area contributed by atoms with Crippen LogP contribution in [0.25, 0.3) is 21.2 Å². The van der Waals surface area contributed by atoms with Gasteiger partial charge >= 0.3 is 0 Å². The van der Waals surface area contributed by atoms with Crippen molar-refractivity contribution in [2.75, 3.05) is 38.1 Å². The Morgan fingerprint density at radius 2 is 1.64 bits per heavy atom. The van der Waals surface area contributed by atoms with Gasteiger partial charge in [0.1, 0.15) is 36.5 Å². The molecule has 2 fully saturated rings. The summed E-state index contributed by atoms with van der Waals surface area (Å²) >= 11 is 1.47. The molecule has 6 aromatic rings. The molecule has 4 heterocycles. The van der Waals surface area contributed by atoms with Crippen molar-refractivity contribution in [3.8, 4) is 16.2 Å². The molecule has 2 saturated heterocycles. The second-order valence-corrected chi connectivity index (χ2v) is 21.9. The fourth-order valence-corrected chi connectivity index (χ4v) is 11.9. The molecule has 1 aromatic heterocycles. The molecule has 0 aliphatic carbocycles. The first-order valence-electron chi connectivity index (χ1n) is 27.5. The van der Waals surface area contributed by atoms with E-state index in [1.165, 1.54) is 16.2 Å². The number of thiazole rings is 1. The van der Waals surface area contributed by atoms with Crippen LogP contribution in [0.2, 0.25) is 0 Å². The highest BCUT2D eigenvalue weighted by atomic mass is 32.1. The lowest BCUT2D eigenvalue weighted by atomic mass is 10.0. The minimum Gasteiger partial charge on any atom is -0.491 e. The molecule has 18 nitrogen and oxygen atoms in total. The number of nitrogens with two attached hydrogens (primary N) is 1. The van der Waals surface area contributed by atoms with Crippen LogP contribution in [0.1, 0.15) is 95.5 Å². The van der Waals surface area contributed by atoms with E-state index in [0.29, 0.717) is 55.6 Å². The lowest BCUT2D eigenvalue weighted by molar-refractivity contribution is -0.143. The number of ether oxygens (including phenoxy) is 1. The van der Waals surface area contributed by atoms with Crippen LogP contribution in [0.5, 0.6) is 5.75 Å². The number of hydrogen-bond acceptors (Lipinski definition) is 12. The van der Waals surface area contributed by atoms with Gasteiger partial charge in [-0.3, -0.25) is 33.6 Å². The molecule has 0 radical (unpaired) electrons. The Balaban J connectivity index is 0.826. The molecule has 0 bridgehead atoms. The zero-order chi connectivity index (χ0) is 56.5. The molecule has 5 aromatic carbocycles. The first-order chi connectivity index (χ1) is 38.7. The molecule has 7 N–H and O–H groups in total. The summed E-state index contributed by atoms with van der Waals surface area (Å²) in [5.41, 5.74) is 12.5. The van der Waals surface area contributed by atoms with E-state index in [0.717, 1.165) is 38.0 Å². The highest BCUT2D eigenvalue weighted by Crippen LogP contribution is 2.34. The summed E-state index contributed by atoms with van der Waals surface area (Å²) in [7, 11) is 0. The average molecular weight is 1100 g/mol. The summed E-state index contributed by atoms with van der Waals surface area (Å²) in [6.45, 7) is 6.74. The number of carbonyl (C=O) groups excluding carboxylic acids is 7. The lowest BCUT2D eigenvalue weighted by Gasteiger charge is -2.35. The summed E-state index contributed by atoms with van der Waals surface area (Å²) < 4.78 is 6.34. The Morgan fingerprint density at radius 3 is 2.42 bits per heavy atom. The standard InChI is InChI=1S/C61H69N9O9S/c1-37(2)54(70-34-43-15-5-7-19-46(43)60(70)77)61(78)69-35-44(71)32-51(69)58(75)64-33-42-25-24-41(55-38(3)65-36-80-55)30-52(42)79-29-27-63-56(73)47-20-8-9-21-48(47)66-57(74)49(22-10-11-26-62)67-59(76)50-23-13-28-68(50)53(72)31-40-17-12-16-39-14-4-6-18-45(39)40/h4-9,12,14-21,24-25,30,36-37,44,49-51,54,71H,10-11,13,22-23,26-29,31-35,62H2,1-3H3,(H,63,73)(H,64,75)(H,66,74)(H,67,76). The van der Waals surface area contributed by atoms with E-state index in [-0.39, 0.29) is 81.0 Å². The number of aliphatic hydroxyl groups is 1. The van der Waals surface area contributed by atoms with Crippen LogP contribution >= 0.6 is 11.3 Å². The number of nitrogens with one attached hydrogen (secondary N) is 4. The maximum Gasteiger partial charge on any atom is 0.255 e. The predicted octanol–water partition coefficient (Wildman–Crippen LogP) is 6.13. The van der Waals surface area contributed by atoms with Crippen LogP contribution in [0.4, 0.5) is 5.69 Å². The van der Waals surface area contributed by atoms with Crippen molar-refractivity contribution in [3.63, 3.8) is 0 Å². The number of β-amino-alcohol motifs (C(OH)–C–C–N with tert-alkyl or cyclic N) is 1. The van der Waals surface area contributed by atoms with Crippen LogP contribution in [0.3, 0.4) is 0 Å². The van der Waals surface area contributed by atoms with Crippen LogP contribution in [0.15, 0.2) is 115 Å². The monoisotopic (exact) mass is 1100 g/mol. The summed E-state index contributed by atoms with van der Waals surface area (Å²) in [5, 5.41) is 24.5. The van der Waals surface area contributed by atoms with Crippen molar-refractivity contribution < 1.29 is 43.4 Å². The minimum atomic E-state index is -0.988. The van der Waals surface area contributed by atoms with Crippen molar-refractivity contribution in [3.05, 3.63) is 148 Å². The Morgan fingerprint density at radius 1 is 0.863 bits per heavy atom. The van der Waals surface area contributed by atoms with Crippen LogP contribution in [-0.4, -0.2) is 129 Å². The number of aryl methyl sites for hydroxylation is 1. The third kappa shape index (κ3) is 12.9. The number of anilines is 1. The third-order valence-electron chi connectivity index (χ3n) is 15.2. The van der Waals surface area contributed by atoms with E-state index in [2.05, 4.69) is 26.3 Å². The fraction of sp³-hybridized carbons (Fsp3) is 0.377. The lowest BCUT2D eigenvalue weighted by Crippen LogP contribution is -2.55. The van der Waals surface area contributed by atoms with Gasteiger partial charge in [0.2, 0.25) is 29.5 Å². The molecule has 9 rings (SSSR count). The number of unbranched alkanes of at least 4 members (excludes halogenated alkanes) is 1. The molecule has 3 aliphatic rings. The molecular weight excluding hydrogens is 1030 g/mol. The molecule has 418 valence electrons. The molecule has 3 aliphatic heterocycles. The van der Waals surface area contributed by atoms with E-state index in [9.17, 15) is 38.7 Å².